The van der Waals surface area contributed by atoms with Crippen molar-refractivity contribution in [2.45, 2.75) is 38.7 Å². The second kappa shape index (κ2) is 8.94. The molecule has 0 spiro atoms. The maximum Gasteiger partial charge on any atom is 0.422 e. The number of fused-ring (bicyclic) bond motifs is 1. The van der Waals surface area contributed by atoms with Crippen LogP contribution in [0.25, 0.3) is 0 Å². The second-order valence-electron chi connectivity index (χ2n) is 7.66. The Morgan fingerprint density at radius 2 is 2.09 bits per heavy atom. The second-order valence-corrected chi connectivity index (χ2v) is 7.66. The number of hydrogen-bond donors (Lipinski definition) is 1. The average Bonchev–Trinajstić information content (AvgIpc) is 3.35. The van der Waals surface area contributed by atoms with Crippen LogP contribution in [0.3, 0.4) is 0 Å². The Labute approximate surface area is 183 Å². The van der Waals surface area contributed by atoms with E-state index in [9.17, 15) is 18.0 Å². The van der Waals surface area contributed by atoms with Crippen LogP contribution < -0.4 is 15.0 Å². The van der Waals surface area contributed by atoms with Gasteiger partial charge in [-0.2, -0.15) is 13.2 Å². The number of carbonyl (C=O) groups excluding carboxylic acids is 1. The van der Waals surface area contributed by atoms with E-state index in [2.05, 4.69) is 39.0 Å². The number of hydrogen-bond acceptors (Lipinski definition) is 5. The van der Waals surface area contributed by atoms with E-state index in [0.717, 1.165) is 12.1 Å². The highest BCUT2D eigenvalue weighted by Gasteiger charge is 2.29. The predicted molar refractivity (Wildman–Crippen MR) is 111 cm³/mol. The summed E-state index contributed by atoms with van der Waals surface area (Å²) in [5.41, 5.74) is 3.38. The maximum atomic E-state index is 12.8. The molecule has 2 aromatic heterocycles. The quantitative estimate of drug-likeness (QED) is 0.580. The highest BCUT2D eigenvalue weighted by molar-refractivity contribution is 5.95. The summed E-state index contributed by atoms with van der Waals surface area (Å²) in [7, 11) is 0. The molecule has 1 unspecified atom stereocenters. The van der Waals surface area contributed by atoms with E-state index >= 15 is 0 Å². The molecule has 1 aliphatic rings. The molecule has 1 N–H and O–H groups in total. The number of nitrogens with zero attached hydrogens (tertiary/aromatic N) is 2. The van der Waals surface area contributed by atoms with Gasteiger partial charge in [-0.05, 0) is 42.7 Å². The van der Waals surface area contributed by atoms with Gasteiger partial charge in [0, 0.05) is 30.5 Å². The van der Waals surface area contributed by atoms with Gasteiger partial charge in [0.15, 0.2) is 6.61 Å². The topological polar surface area (TPSA) is 67.6 Å². The minimum Gasteiger partial charge on any atom is -0.468 e. The van der Waals surface area contributed by atoms with Crippen LogP contribution in [0.1, 0.15) is 34.2 Å². The minimum atomic E-state index is -4.45. The van der Waals surface area contributed by atoms with Gasteiger partial charge >= 0.3 is 6.18 Å². The van der Waals surface area contributed by atoms with Crippen LogP contribution in [0.2, 0.25) is 0 Å². The molecule has 0 radical (unpaired) electrons. The van der Waals surface area contributed by atoms with E-state index in [1.165, 1.54) is 24.1 Å². The van der Waals surface area contributed by atoms with Gasteiger partial charge in [-0.3, -0.25) is 4.79 Å². The molecule has 0 bridgehead atoms. The van der Waals surface area contributed by atoms with Crippen LogP contribution in [0.4, 0.5) is 18.9 Å². The number of furan rings is 1. The number of halogens is 3. The number of para-hydroxylation sites is 1. The lowest BCUT2D eigenvalue weighted by Gasteiger charge is -2.24. The van der Waals surface area contributed by atoms with Crippen molar-refractivity contribution in [2.24, 2.45) is 0 Å². The number of anilines is 1. The monoisotopic (exact) mass is 445 g/mol. The Bertz CT molecular complexity index is 1100. The zero-order valence-corrected chi connectivity index (χ0v) is 17.4. The van der Waals surface area contributed by atoms with Crippen molar-refractivity contribution < 1.29 is 27.1 Å². The van der Waals surface area contributed by atoms with Crippen LogP contribution in [0.15, 0.2) is 59.3 Å². The Morgan fingerprint density at radius 1 is 1.28 bits per heavy atom. The smallest absolute Gasteiger partial charge is 0.422 e. The van der Waals surface area contributed by atoms with Gasteiger partial charge in [0.2, 0.25) is 5.88 Å². The van der Waals surface area contributed by atoms with Crippen molar-refractivity contribution in [1.29, 1.82) is 0 Å². The fourth-order valence-corrected chi connectivity index (χ4v) is 3.76. The normalized spacial score (nSPS) is 15.5. The van der Waals surface area contributed by atoms with Crippen molar-refractivity contribution in [3.05, 3.63) is 77.4 Å². The molecule has 4 rings (SSSR count). The van der Waals surface area contributed by atoms with Crippen molar-refractivity contribution >= 4 is 11.6 Å². The molecule has 3 aromatic rings. The predicted octanol–water partition coefficient (Wildman–Crippen LogP) is 4.50. The molecule has 1 amide bonds. The Kier molecular flexibility index (Phi) is 6.07. The zero-order chi connectivity index (χ0) is 22.7. The number of alkyl halides is 3. The molecule has 6 nitrogen and oxygen atoms in total. The first-order valence-electron chi connectivity index (χ1n) is 10.1. The summed E-state index contributed by atoms with van der Waals surface area (Å²) in [5.74, 6) is 0.0678. The summed E-state index contributed by atoms with van der Waals surface area (Å²) < 4.78 is 47.2. The van der Waals surface area contributed by atoms with Crippen LogP contribution in [0, 0.1) is 0 Å². The van der Waals surface area contributed by atoms with Gasteiger partial charge in [0.05, 0.1) is 18.4 Å². The first-order chi connectivity index (χ1) is 15.3. The van der Waals surface area contributed by atoms with Crippen molar-refractivity contribution in [3.8, 4) is 5.88 Å². The summed E-state index contributed by atoms with van der Waals surface area (Å²) in [4.78, 5) is 18.7. The maximum absolute atomic E-state index is 12.8. The van der Waals surface area contributed by atoms with Crippen molar-refractivity contribution in [3.63, 3.8) is 0 Å². The molecule has 0 saturated carbocycles. The number of amides is 1. The summed E-state index contributed by atoms with van der Waals surface area (Å²) in [6, 6.07) is 13.0. The number of benzene rings is 1. The number of aromatic nitrogens is 1. The number of ether oxygens (including phenoxy) is 1. The number of carbonyl (C=O) groups is 1. The van der Waals surface area contributed by atoms with E-state index in [1.54, 1.807) is 12.1 Å². The first kappa shape index (κ1) is 21.7. The zero-order valence-electron chi connectivity index (χ0n) is 17.4. The summed E-state index contributed by atoms with van der Waals surface area (Å²) >= 11 is 0. The summed E-state index contributed by atoms with van der Waals surface area (Å²) in [6.07, 6.45) is -0.703. The molecular formula is C23H22F3N3O3. The molecule has 0 fully saturated rings. The highest BCUT2D eigenvalue weighted by Crippen LogP contribution is 2.33. The minimum absolute atomic E-state index is 0.108. The van der Waals surface area contributed by atoms with E-state index in [4.69, 9.17) is 4.42 Å². The largest absolute Gasteiger partial charge is 0.468 e. The van der Waals surface area contributed by atoms with Crippen LogP contribution in [-0.2, 0) is 19.5 Å². The molecule has 1 aliphatic heterocycles. The summed E-state index contributed by atoms with van der Waals surface area (Å²) in [5, 5.41) is 2.77. The number of pyridine rings is 1. The average molecular weight is 445 g/mol. The Morgan fingerprint density at radius 3 is 2.91 bits per heavy atom. The Hall–Kier alpha value is -3.49. The third-order valence-corrected chi connectivity index (χ3v) is 5.29. The third-order valence-electron chi connectivity index (χ3n) is 5.29. The van der Waals surface area contributed by atoms with E-state index in [-0.39, 0.29) is 24.4 Å². The van der Waals surface area contributed by atoms with Gasteiger partial charge < -0.3 is 19.4 Å². The lowest BCUT2D eigenvalue weighted by Crippen LogP contribution is -2.30. The molecule has 9 heteroatoms. The van der Waals surface area contributed by atoms with Crippen LogP contribution in [0.5, 0.6) is 5.88 Å². The number of nitrogens with one attached hydrogen (secondary N) is 1. The van der Waals surface area contributed by atoms with Gasteiger partial charge in [-0.15, -0.1) is 0 Å². The van der Waals surface area contributed by atoms with Crippen LogP contribution in [-0.4, -0.2) is 29.7 Å². The van der Waals surface area contributed by atoms with Gasteiger partial charge in [-0.25, -0.2) is 4.98 Å². The molecule has 1 atom stereocenters. The summed E-state index contributed by atoms with van der Waals surface area (Å²) in [6.45, 7) is 1.27. The molecule has 0 aliphatic carbocycles. The van der Waals surface area contributed by atoms with Crippen molar-refractivity contribution in [2.75, 3.05) is 11.5 Å². The van der Waals surface area contributed by atoms with E-state index in [0.29, 0.717) is 23.4 Å². The van der Waals surface area contributed by atoms with Gasteiger partial charge in [-0.1, -0.05) is 18.2 Å². The van der Waals surface area contributed by atoms with Gasteiger partial charge in [0.1, 0.15) is 5.76 Å². The fourth-order valence-electron chi connectivity index (χ4n) is 3.76. The third kappa shape index (κ3) is 5.04. The van der Waals surface area contributed by atoms with E-state index in [1.807, 2.05) is 12.1 Å². The Balaban J connectivity index is 1.39. The molecule has 32 heavy (non-hydrogen) atoms. The molecule has 168 valence electrons. The van der Waals surface area contributed by atoms with E-state index < -0.39 is 12.8 Å². The first-order valence-corrected chi connectivity index (χ1v) is 10.1. The lowest BCUT2D eigenvalue weighted by molar-refractivity contribution is -0.154. The lowest BCUT2D eigenvalue weighted by atomic mass is 10.1. The molecule has 1 aromatic carbocycles. The number of rotatable bonds is 7. The van der Waals surface area contributed by atoms with Gasteiger partial charge in [0.25, 0.3) is 5.91 Å². The standard InChI is InChI=1S/C23H22F3N3O3/c1-15-10-17-4-2-3-5-19(17)29(15)13-20-18(7-9-31-20)22(30)28-12-16-6-8-27-21(11-16)32-14-23(24,25)26/h2-9,11,15H,10,12-14H2,1H3,(H,28,30). The molecule has 3 heterocycles. The SMILES string of the molecule is CC1Cc2ccccc2N1Cc1occc1C(=O)NCc1ccnc(OCC(F)(F)F)c1. The molecular weight excluding hydrogens is 423 g/mol. The molecule has 0 saturated heterocycles. The highest BCUT2D eigenvalue weighted by atomic mass is 19.4. The van der Waals surface area contributed by atoms with Crippen molar-refractivity contribution in [1.82, 2.24) is 10.3 Å². The van der Waals surface area contributed by atoms with Crippen LogP contribution >= 0.6 is 0 Å². The fraction of sp³-hybridized carbons (Fsp3) is 0.304.